The number of rotatable bonds is 5. The first-order valence-electron chi connectivity index (χ1n) is 7.74. The Morgan fingerprint density at radius 3 is 2.31 bits per heavy atom. The van der Waals surface area contributed by atoms with Crippen molar-refractivity contribution < 1.29 is 14.3 Å². The van der Waals surface area contributed by atoms with Crippen LogP contribution < -0.4 is 9.80 Å². The summed E-state index contributed by atoms with van der Waals surface area (Å²) in [6.45, 7) is 3.39. The highest BCUT2D eigenvalue weighted by molar-refractivity contribution is 7.79. The summed E-state index contributed by atoms with van der Waals surface area (Å²) < 4.78 is 13.9. The van der Waals surface area contributed by atoms with Crippen molar-refractivity contribution in [3.05, 3.63) is 53.8 Å². The number of nitrogens with zero attached hydrogens (tertiary/aromatic N) is 3. The number of hydrogen-bond donors (Lipinski definition) is 1. The average molecular weight is 371 g/mol. The SMILES string of the molecule is CN(C(=O)C(C)(C)N(C=S)c1ccc(O)cc1)c1ccc(C#N)c(F)c1. The number of phenolic OH excluding ortho intramolecular Hbond substituents is 1. The summed E-state index contributed by atoms with van der Waals surface area (Å²) in [5.74, 6) is -0.907. The molecule has 1 N–H and O–H groups in total. The van der Waals surface area contributed by atoms with Gasteiger partial charge in [-0.25, -0.2) is 4.39 Å². The quantitative estimate of drug-likeness (QED) is 0.814. The molecule has 0 aliphatic carbocycles. The monoisotopic (exact) mass is 371 g/mol. The molecule has 0 atom stereocenters. The first kappa shape index (κ1) is 19.3. The van der Waals surface area contributed by atoms with Crippen LogP contribution in [0.15, 0.2) is 42.5 Å². The van der Waals surface area contributed by atoms with Crippen LogP contribution in [0.3, 0.4) is 0 Å². The number of likely N-dealkylation sites (N-methyl/N-ethyl adjacent to an activating group) is 1. The molecule has 2 rings (SSSR count). The Balaban J connectivity index is 2.35. The molecule has 2 aromatic carbocycles. The van der Waals surface area contributed by atoms with Gasteiger partial charge >= 0.3 is 0 Å². The third-order valence-corrected chi connectivity index (χ3v) is 4.33. The smallest absolute Gasteiger partial charge is 0.252 e. The van der Waals surface area contributed by atoms with E-state index >= 15 is 0 Å². The molecule has 26 heavy (non-hydrogen) atoms. The molecular weight excluding hydrogens is 353 g/mol. The number of thiocarbonyl (C=S) groups is 1. The highest BCUT2D eigenvalue weighted by Crippen LogP contribution is 2.28. The Hall–Kier alpha value is -2.98. The summed E-state index contributed by atoms with van der Waals surface area (Å²) >= 11 is 5.08. The number of hydrogen-bond acceptors (Lipinski definition) is 4. The molecule has 0 aliphatic heterocycles. The standard InChI is InChI=1S/C19H18FN3O2S/c1-19(2,23(12-26)14-6-8-16(24)9-7-14)18(25)22(3)15-5-4-13(11-21)17(20)10-15/h4-10,12,24H,1-3H3. The fraction of sp³-hybridized carbons (Fsp3) is 0.211. The normalized spacial score (nSPS) is 10.7. The lowest BCUT2D eigenvalue weighted by Crippen LogP contribution is -2.55. The molecule has 0 radical (unpaired) electrons. The van der Waals surface area contributed by atoms with E-state index in [9.17, 15) is 14.3 Å². The van der Waals surface area contributed by atoms with Gasteiger partial charge in [0.05, 0.1) is 11.1 Å². The Morgan fingerprint density at radius 1 is 1.23 bits per heavy atom. The largest absolute Gasteiger partial charge is 0.508 e. The maximum absolute atomic E-state index is 13.9. The van der Waals surface area contributed by atoms with E-state index in [4.69, 9.17) is 17.5 Å². The van der Waals surface area contributed by atoms with Crippen LogP contribution in [0.2, 0.25) is 0 Å². The van der Waals surface area contributed by atoms with Crippen LogP contribution in [-0.4, -0.2) is 29.1 Å². The van der Waals surface area contributed by atoms with E-state index in [0.717, 1.165) is 6.07 Å². The molecule has 7 heteroatoms. The number of benzene rings is 2. The van der Waals surface area contributed by atoms with E-state index < -0.39 is 11.4 Å². The summed E-state index contributed by atoms with van der Waals surface area (Å²) in [6.07, 6.45) is 0. The lowest BCUT2D eigenvalue weighted by atomic mass is 9.99. The number of phenols is 1. The summed E-state index contributed by atoms with van der Waals surface area (Å²) in [5, 5.41) is 18.3. The molecule has 134 valence electrons. The lowest BCUT2D eigenvalue weighted by molar-refractivity contribution is -0.122. The van der Waals surface area contributed by atoms with E-state index in [1.165, 1.54) is 41.7 Å². The molecule has 0 spiro atoms. The third-order valence-electron chi connectivity index (χ3n) is 4.12. The second-order valence-corrected chi connectivity index (χ2v) is 6.40. The minimum absolute atomic E-state index is 0.0847. The number of amides is 1. The Labute approximate surface area is 156 Å². The van der Waals surface area contributed by atoms with E-state index in [2.05, 4.69) is 0 Å². The van der Waals surface area contributed by atoms with Crippen LogP contribution in [0.25, 0.3) is 0 Å². The Bertz CT molecular complexity index is 875. The van der Waals surface area contributed by atoms with Gasteiger partial charge in [0.25, 0.3) is 5.91 Å². The Kier molecular flexibility index (Phi) is 5.58. The van der Waals surface area contributed by atoms with Crippen LogP contribution in [0, 0.1) is 17.1 Å². The van der Waals surface area contributed by atoms with Crippen molar-refractivity contribution in [3.8, 4) is 11.8 Å². The van der Waals surface area contributed by atoms with E-state index in [0.29, 0.717) is 11.4 Å². The second kappa shape index (κ2) is 7.50. The van der Waals surface area contributed by atoms with Gasteiger partial charge in [0, 0.05) is 18.4 Å². The zero-order valence-electron chi connectivity index (χ0n) is 14.6. The summed E-state index contributed by atoms with van der Waals surface area (Å²) in [5.41, 5.74) is 1.17. The van der Waals surface area contributed by atoms with Crippen molar-refractivity contribution in [3.63, 3.8) is 0 Å². The lowest BCUT2D eigenvalue weighted by Gasteiger charge is -2.38. The first-order valence-corrected chi connectivity index (χ1v) is 8.21. The van der Waals surface area contributed by atoms with E-state index in [-0.39, 0.29) is 17.2 Å². The zero-order valence-corrected chi connectivity index (χ0v) is 15.4. The number of nitriles is 1. The minimum Gasteiger partial charge on any atom is -0.508 e. The van der Waals surface area contributed by atoms with Crippen molar-refractivity contribution in [2.24, 2.45) is 0 Å². The molecule has 0 fully saturated rings. The van der Waals surface area contributed by atoms with Crippen molar-refractivity contribution in [2.45, 2.75) is 19.4 Å². The van der Waals surface area contributed by atoms with Crippen molar-refractivity contribution in [1.82, 2.24) is 0 Å². The highest BCUT2D eigenvalue weighted by atomic mass is 32.1. The fourth-order valence-electron chi connectivity index (χ4n) is 2.56. The van der Waals surface area contributed by atoms with Gasteiger partial charge in [-0.05, 0) is 56.3 Å². The maximum atomic E-state index is 13.9. The van der Waals surface area contributed by atoms with Crippen LogP contribution in [0.1, 0.15) is 19.4 Å². The number of carbonyl (C=O) groups excluding carboxylic acids is 1. The van der Waals surface area contributed by atoms with Gasteiger partial charge < -0.3 is 14.9 Å². The molecule has 0 bridgehead atoms. The molecular formula is C19H18FN3O2S. The van der Waals surface area contributed by atoms with E-state index in [1.54, 1.807) is 36.9 Å². The topological polar surface area (TPSA) is 67.6 Å². The average Bonchev–Trinajstić information content (AvgIpc) is 2.62. The van der Waals surface area contributed by atoms with E-state index in [1.807, 2.05) is 0 Å². The first-order chi connectivity index (χ1) is 12.2. The number of carbonyl (C=O) groups is 1. The summed E-state index contributed by atoms with van der Waals surface area (Å²) in [4.78, 5) is 16.0. The highest BCUT2D eigenvalue weighted by Gasteiger charge is 2.37. The van der Waals surface area contributed by atoms with Gasteiger partial charge in [-0.15, -0.1) is 0 Å². The van der Waals surface area contributed by atoms with Gasteiger partial charge in [0.15, 0.2) is 0 Å². The summed E-state index contributed by atoms with van der Waals surface area (Å²) in [7, 11) is 1.53. The van der Waals surface area contributed by atoms with Gasteiger partial charge in [-0.2, -0.15) is 5.26 Å². The molecule has 5 nitrogen and oxygen atoms in total. The number of halogens is 1. The fourth-order valence-corrected chi connectivity index (χ4v) is 2.95. The van der Waals surface area contributed by atoms with Crippen molar-refractivity contribution in [1.29, 1.82) is 5.26 Å². The molecule has 0 heterocycles. The van der Waals surface area contributed by atoms with Crippen LogP contribution in [-0.2, 0) is 4.79 Å². The van der Waals surface area contributed by atoms with Gasteiger partial charge in [0.2, 0.25) is 0 Å². The zero-order chi connectivity index (χ0) is 19.5. The number of anilines is 2. The van der Waals surface area contributed by atoms with Crippen LogP contribution in [0.4, 0.5) is 15.8 Å². The predicted octanol–water partition coefficient (Wildman–Crippen LogP) is 3.61. The van der Waals surface area contributed by atoms with Crippen LogP contribution in [0.5, 0.6) is 5.75 Å². The Morgan fingerprint density at radius 2 is 1.81 bits per heavy atom. The van der Waals surface area contributed by atoms with Crippen LogP contribution >= 0.6 is 12.2 Å². The molecule has 0 saturated carbocycles. The summed E-state index contributed by atoms with van der Waals surface area (Å²) in [6, 6.07) is 12.0. The van der Waals surface area contributed by atoms with Gasteiger partial charge in [0.1, 0.15) is 23.2 Å². The minimum atomic E-state index is -1.07. The molecule has 0 aliphatic rings. The number of aromatic hydroxyl groups is 1. The van der Waals surface area contributed by atoms with Crippen molar-refractivity contribution in [2.75, 3.05) is 16.8 Å². The molecule has 2 aromatic rings. The van der Waals surface area contributed by atoms with Gasteiger partial charge in [-0.3, -0.25) is 4.79 Å². The molecule has 0 saturated heterocycles. The molecule has 0 unspecified atom stereocenters. The second-order valence-electron chi connectivity index (χ2n) is 6.19. The predicted molar refractivity (Wildman–Crippen MR) is 103 cm³/mol. The molecule has 1 amide bonds. The maximum Gasteiger partial charge on any atom is 0.252 e. The third kappa shape index (κ3) is 3.65. The molecule has 0 aromatic heterocycles. The van der Waals surface area contributed by atoms with Crippen molar-refractivity contribution >= 4 is 35.0 Å². The van der Waals surface area contributed by atoms with Gasteiger partial charge in [-0.1, -0.05) is 12.2 Å².